The molecule has 1 aromatic carbocycles. The Balaban J connectivity index is 2.55. The molecule has 0 aliphatic carbocycles. The van der Waals surface area contributed by atoms with Crippen molar-refractivity contribution in [2.75, 3.05) is 0 Å². The molecule has 0 atom stereocenters. The van der Waals surface area contributed by atoms with Crippen molar-refractivity contribution < 1.29 is 9.86 Å². The normalized spacial score (nSPS) is 10.8. The van der Waals surface area contributed by atoms with Crippen LogP contribution in [-0.4, -0.2) is 18.9 Å². The molecule has 4 heteroatoms. The van der Waals surface area contributed by atoms with E-state index in [1.165, 1.54) is 6.21 Å². The van der Waals surface area contributed by atoms with Crippen molar-refractivity contribution in [1.29, 1.82) is 0 Å². The maximum absolute atomic E-state index is 8.30. The molecular weight excluding hydrogens is 177 g/mol. The largest absolute Gasteiger partial charge is 0.564 e. The van der Waals surface area contributed by atoms with Crippen molar-refractivity contribution >= 4 is 13.7 Å². The highest BCUT2D eigenvalue weighted by Gasteiger charge is 1.99. The van der Waals surface area contributed by atoms with Gasteiger partial charge in [0.25, 0.3) is 0 Å². The molecule has 1 rings (SSSR count). The van der Waals surface area contributed by atoms with Gasteiger partial charge in [0.05, 0.1) is 12.0 Å². The van der Waals surface area contributed by atoms with Gasteiger partial charge in [-0.3, -0.25) is 0 Å². The predicted octanol–water partition coefficient (Wildman–Crippen LogP) is 2.05. The van der Waals surface area contributed by atoms with Gasteiger partial charge in [-0.25, -0.2) is 0 Å². The van der Waals surface area contributed by atoms with Gasteiger partial charge in [0, 0.05) is 0 Å². The molecule has 0 spiro atoms. The molecule has 1 aromatic rings. The topological polar surface area (TPSA) is 41.8 Å². The van der Waals surface area contributed by atoms with E-state index in [-0.39, 0.29) is 0 Å². The van der Waals surface area contributed by atoms with Gasteiger partial charge < -0.3 is 9.86 Å². The number of nitrogens with zero attached hydrogens (tertiary/aromatic N) is 1. The first-order chi connectivity index (χ1) is 6.72. The summed E-state index contributed by atoms with van der Waals surface area (Å²) in [7, 11) is 0.716. The third kappa shape index (κ3) is 3.52. The summed E-state index contributed by atoms with van der Waals surface area (Å²) in [6.07, 6.45) is 1.38. The van der Waals surface area contributed by atoms with E-state index in [4.69, 9.17) is 9.86 Å². The van der Waals surface area contributed by atoms with E-state index in [0.717, 1.165) is 11.3 Å². The van der Waals surface area contributed by atoms with Crippen LogP contribution in [0.2, 0.25) is 5.82 Å². The maximum Gasteiger partial charge on any atom is 0.342 e. The van der Waals surface area contributed by atoms with Crippen LogP contribution in [0.25, 0.3) is 0 Å². The van der Waals surface area contributed by atoms with E-state index in [1.54, 1.807) is 0 Å². The van der Waals surface area contributed by atoms with Gasteiger partial charge in [-0.05, 0) is 35.6 Å². The molecule has 0 aromatic heterocycles. The zero-order valence-electron chi connectivity index (χ0n) is 8.47. The minimum absolute atomic E-state index is 0.522. The summed E-state index contributed by atoms with van der Waals surface area (Å²) in [5.41, 5.74) is 0.851. The van der Waals surface area contributed by atoms with Crippen LogP contribution in [0.1, 0.15) is 19.4 Å². The summed E-state index contributed by atoms with van der Waals surface area (Å²) in [5.74, 6) is 1.36. The summed E-state index contributed by atoms with van der Waals surface area (Å²) >= 11 is 0. The second-order valence-corrected chi connectivity index (χ2v) is 3.52. The predicted molar refractivity (Wildman–Crippen MR) is 58.7 cm³/mol. The minimum Gasteiger partial charge on any atom is -0.564 e. The van der Waals surface area contributed by atoms with Crippen LogP contribution in [0.3, 0.4) is 0 Å². The molecule has 74 valence electrons. The zero-order valence-corrected chi connectivity index (χ0v) is 8.47. The average molecular weight is 191 g/mol. The van der Waals surface area contributed by atoms with E-state index in [0.29, 0.717) is 13.3 Å². The molecule has 1 N–H and O–H groups in total. The zero-order chi connectivity index (χ0) is 10.4. The minimum atomic E-state index is 0.522. The van der Waals surface area contributed by atoms with Gasteiger partial charge in [0.2, 0.25) is 0 Å². The molecule has 0 bridgehead atoms. The van der Waals surface area contributed by atoms with Crippen LogP contribution in [0.5, 0.6) is 5.75 Å². The van der Waals surface area contributed by atoms with E-state index in [2.05, 4.69) is 19.0 Å². The van der Waals surface area contributed by atoms with Crippen LogP contribution < -0.4 is 4.65 Å². The molecule has 0 heterocycles. The number of hydrogen-bond acceptors (Lipinski definition) is 3. The highest BCUT2D eigenvalue weighted by Crippen LogP contribution is 2.12. The lowest BCUT2D eigenvalue weighted by Gasteiger charge is -2.06. The van der Waals surface area contributed by atoms with Crippen LogP contribution in [0, 0.1) is 0 Å². The van der Waals surface area contributed by atoms with E-state index >= 15 is 0 Å². The maximum atomic E-state index is 8.30. The molecule has 0 fully saturated rings. The second kappa shape index (κ2) is 5.32. The molecule has 0 aliphatic rings. The Morgan fingerprint density at radius 1 is 1.36 bits per heavy atom. The van der Waals surface area contributed by atoms with Crippen molar-refractivity contribution in [3.8, 4) is 5.75 Å². The fourth-order valence-electron chi connectivity index (χ4n) is 0.980. The first-order valence-corrected chi connectivity index (χ1v) is 4.62. The standard InChI is InChI=1S/C10H14BNO2/c1-8(2)11-14-10-5-3-9(4-6-10)7-12-13/h3-8,11,13H,1-2H3/b12-7+. The lowest BCUT2D eigenvalue weighted by molar-refractivity contribution is 0.322. The summed E-state index contributed by atoms with van der Waals surface area (Å²) in [5, 5.41) is 11.2. The fraction of sp³-hybridized carbons (Fsp3) is 0.300. The number of benzene rings is 1. The van der Waals surface area contributed by atoms with E-state index in [1.807, 2.05) is 24.3 Å². The molecule has 0 radical (unpaired) electrons. The average Bonchev–Trinajstić information content (AvgIpc) is 2.17. The molecule has 0 amide bonds. The van der Waals surface area contributed by atoms with Crippen molar-refractivity contribution in [2.45, 2.75) is 19.7 Å². The Kier molecular flexibility index (Phi) is 4.04. The third-order valence-electron chi connectivity index (χ3n) is 1.67. The summed E-state index contributed by atoms with van der Waals surface area (Å²) < 4.78 is 5.49. The number of oxime groups is 1. The van der Waals surface area contributed by atoms with Crippen LogP contribution >= 0.6 is 0 Å². The number of rotatable bonds is 4. The van der Waals surface area contributed by atoms with E-state index < -0.39 is 0 Å². The van der Waals surface area contributed by atoms with Gasteiger partial charge in [-0.1, -0.05) is 19.0 Å². The highest BCUT2D eigenvalue weighted by molar-refractivity contribution is 6.30. The molecule has 0 aliphatic heterocycles. The molecule has 0 unspecified atom stereocenters. The Bertz CT molecular complexity index is 295. The smallest absolute Gasteiger partial charge is 0.342 e. The lowest BCUT2D eigenvalue weighted by Crippen LogP contribution is -2.05. The molecule has 0 saturated carbocycles. The van der Waals surface area contributed by atoms with Crippen molar-refractivity contribution in [1.82, 2.24) is 0 Å². The summed E-state index contributed by atoms with van der Waals surface area (Å²) in [6, 6.07) is 7.41. The first kappa shape index (κ1) is 10.6. The summed E-state index contributed by atoms with van der Waals surface area (Å²) in [6.45, 7) is 4.21. The Morgan fingerprint density at radius 3 is 2.50 bits per heavy atom. The van der Waals surface area contributed by atoms with Crippen molar-refractivity contribution in [3.05, 3.63) is 29.8 Å². The van der Waals surface area contributed by atoms with Crippen LogP contribution in [0.4, 0.5) is 0 Å². The van der Waals surface area contributed by atoms with E-state index in [9.17, 15) is 0 Å². The quantitative estimate of drug-likeness (QED) is 0.342. The highest BCUT2D eigenvalue weighted by atomic mass is 16.4. The molecule has 0 saturated heterocycles. The van der Waals surface area contributed by atoms with Gasteiger partial charge in [-0.15, -0.1) is 0 Å². The Labute approximate surface area is 84.7 Å². The van der Waals surface area contributed by atoms with Gasteiger partial charge in [0.15, 0.2) is 0 Å². The number of hydrogen-bond donors (Lipinski definition) is 1. The second-order valence-electron chi connectivity index (χ2n) is 3.52. The van der Waals surface area contributed by atoms with Crippen LogP contribution in [0.15, 0.2) is 29.4 Å². The molecule has 3 nitrogen and oxygen atoms in total. The van der Waals surface area contributed by atoms with Gasteiger partial charge in [-0.2, -0.15) is 0 Å². The summed E-state index contributed by atoms with van der Waals surface area (Å²) in [4.78, 5) is 0. The van der Waals surface area contributed by atoms with Crippen molar-refractivity contribution in [2.24, 2.45) is 5.16 Å². The monoisotopic (exact) mass is 191 g/mol. The fourth-order valence-corrected chi connectivity index (χ4v) is 0.980. The Hall–Kier alpha value is -1.45. The molecule has 14 heavy (non-hydrogen) atoms. The Morgan fingerprint density at radius 2 is 2.00 bits per heavy atom. The van der Waals surface area contributed by atoms with Crippen LogP contribution in [-0.2, 0) is 0 Å². The first-order valence-electron chi connectivity index (χ1n) is 4.62. The van der Waals surface area contributed by atoms with Gasteiger partial charge >= 0.3 is 7.48 Å². The lowest BCUT2D eigenvalue weighted by atomic mass is 9.83. The van der Waals surface area contributed by atoms with Crippen molar-refractivity contribution in [3.63, 3.8) is 0 Å². The SMILES string of the molecule is CC(C)BOc1ccc(/C=N/O)cc1. The van der Waals surface area contributed by atoms with Gasteiger partial charge in [0.1, 0.15) is 0 Å². The molecular formula is C10H14BNO2. The third-order valence-corrected chi connectivity index (χ3v) is 1.67.